The van der Waals surface area contributed by atoms with Gasteiger partial charge in [-0.2, -0.15) is 4.98 Å². The lowest BCUT2D eigenvalue weighted by atomic mass is 10.1. The van der Waals surface area contributed by atoms with E-state index in [9.17, 15) is 8.78 Å². The van der Waals surface area contributed by atoms with E-state index < -0.39 is 11.6 Å². The molecule has 3 N–H and O–H groups in total. The first-order valence-corrected chi connectivity index (χ1v) is 9.80. The van der Waals surface area contributed by atoms with Crippen molar-refractivity contribution in [3.8, 4) is 16.9 Å². The molecular formula is C23H17F2N7. The van der Waals surface area contributed by atoms with Gasteiger partial charge in [0.1, 0.15) is 5.82 Å². The standard InChI is InChI=1S/C23H17F2N7/c24-17-10-4-9-16(19(17)25)20-18-21(26)32(15-7-2-1-3-8-15)31-22(18)30-23(29-20)28-13-14-6-5-11-27-12-14/h1-12H,13,26H2,(H,28,30,31). The highest BCUT2D eigenvalue weighted by atomic mass is 19.2. The molecule has 0 radical (unpaired) electrons. The number of aromatic nitrogens is 5. The largest absolute Gasteiger partial charge is 0.383 e. The summed E-state index contributed by atoms with van der Waals surface area (Å²) in [5.41, 5.74) is 8.39. The number of nitrogen functional groups attached to an aromatic ring is 1. The van der Waals surface area contributed by atoms with Crippen LogP contribution in [0.15, 0.2) is 73.1 Å². The predicted molar refractivity (Wildman–Crippen MR) is 118 cm³/mol. The zero-order chi connectivity index (χ0) is 22.1. The minimum absolute atomic E-state index is 0.0267. The molecule has 5 aromatic rings. The number of nitrogens with two attached hydrogens (primary N) is 1. The molecule has 0 saturated heterocycles. The summed E-state index contributed by atoms with van der Waals surface area (Å²) in [5.74, 6) is -1.56. The van der Waals surface area contributed by atoms with E-state index in [1.165, 1.54) is 16.8 Å². The molecule has 3 aromatic heterocycles. The number of rotatable bonds is 5. The Morgan fingerprint density at radius 2 is 1.78 bits per heavy atom. The van der Waals surface area contributed by atoms with Crippen LogP contribution in [0, 0.1) is 11.6 Å². The van der Waals surface area contributed by atoms with Gasteiger partial charge < -0.3 is 11.1 Å². The number of pyridine rings is 1. The Kier molecular flexibility index (Phi) is 4.91. The highest BCUT2D eigenvalue weighted by Gasteiger charge is 2.22. The number of hydrogen-bond donors (Lipinski definition) is 2. The molecule has 0 aliphatic rings. The van der Waals surface area contributed by atoms with Gasteiger partial charge in [-0.3, -0.25) is 4.98 Å². The van der Waals surface area contributed by atoms with Crippen molar-refractivity contribution in [3.05, 3.63) is 90.3 Å². The van der Waals surface area contributed by atoms with Crippen LogP contribution in [0.3, 0.4) is 0 Å². The summed E-state index contributed by atoms with van der Waals surface area (Å²) in [5, 5.41) is 7.94. The zero-order valence-corrected chi connectivity index (χ0v) is 16.7. The Labute approximate surface area is 181 Å². The van der Waals surface area contributed by atoms with Gasteiger partial charge in [0.2, 0.25) is 5.95 Å². The number of anilines is 2. The van der Waals surface area contributed by atoms with E-state index in [-0.39, 0.29) is 28.7 Å². The van der Waals surface area contributed by atoms with Crippen LogP contribution in [0.1, 0.15) is 5.56 Å². The summed E-state index contributed by atoms with van der Waals surface area (Å²) in [4.78, 5) is 13.0. The van der Waals surface area contributed by atoms with Crippen molar-refractivity contribution < 1.29 is 8.78 Å². The van der Waals surface area contributed by atoms with Crippen molar-refractivity contribution in [2.24, 2.45) is 0 Å². The lowest BCUT2D eigenvalue weighted by molar-refractivity contribution is 0.511. The summed E-state index contributed by atoms with van der Waals surface area (Å²) >= 11 is 0. The van der Waals surface area contributed by atoms with Gasteiger partial charge in [-0.25, -0.2) is 18.4 Å². The highest BCUT2D eigenvalue weighted by molar-refractivity contribution is 5.99. The van der Waals surface area contributed by atoms with Crippen LogP contribution in [0.2, 0.25) is 0 Å². The van der Waals surface area contributed by atoms with Crippen molar-refractivity contribution in [1.82, 2.24) is 24.7 Å². The lowest BCUT2D eigenvalue weighted by Gasteiger charge is -2.09. The molecule has 32 heavy (non-hydrogen) atoms. The van der Waals surface area contributed by atoms with Crippen molar-refractivity contribution >= 4 is 22.8 Å². The van der Waals surface area contributed by atoms with E-state index in [0.717, 1.165) is 11.6 Å². The third-order valence-corrected chi connectivity index (χ3v) is 4.95. The summed E-state index contributed by atoms with van der Waals surface area (Å²) in [6, 6.07) is 16.9. The normalized spacial score (nSPS) is 11.1. The van der Waals surface area contributed by atoms with Crippen LogP contribution in [0.25, 0.3) is 28.0 Å². The first-order valence-electron chi connectivity index (χ1n) is 9.80. The number of fused-ring (bicyclic) bond motifs is 1. The lowest BCUT2D eigenvalue weighted by Crippen LogP contribution is -2.06. The number of halogens is 2. The van der Waals surface area contributed by atoms with Crippen LogP contribution in [-0.4, -0.2) is 24.7 Å². The molecule has 0 bridgehead atoms. The van der Waals surface area contributed by atoms with Crippen molar-refractivity contribution in [1.29, 1.82) is 0 Å². The molecule has 158 valence electrons. The van der Waals surface area contributed by atoms with Crippen LogP contribution < -0.4 is 11.1 Å². The highest BCUT2D eigenvalue weighted by Crippen LogP contribution is 2.34. The molecule has 0 aliphatic heterocycles. The SMILES string of the molecule is Nc1c2c(-c3cccc(F)c3F)nc(NCc3cccnc3)nc2nn1-c1ccccc1. The molecule has 7 nitrogen and oxygen atoms in total. The fraction of sp³-hybridized carbons (Fsp3) is 0.0435. The number of benzene rings is 2. The summed E-state index contributed by atoms with van der Waals surface area (Å²) in [7, 11) is 0. The van der Waals surface area contributed by atoms with E-state index in [2.05, 4.69) is 25.4 Å². The minimum atomic E-state index is -1.02. The summed E-state index contributed by atoms with van der Waals surface area (Å²) < 4.78 is 30.2. The Balaban J connectivity index is 1.69. The maximum atomic E-state index is 14.7. The van der Waals surface area contributed by atoms with E-state index in [1.807, 2.05) is 42.5 Å². The number of para-hydroxylation sites is 1. The molecule has 0 unspecified atom stereocenters. The van der Waals surface area contributed by atoms with Gasteiger partial charge in [0, 0.05) is 24.5 Å². The molecule has 3 heterocycles. The number of nitrogens with one attached hydrogen (secondary N) is 1. The van der Waals surface area contributed by atoms with Gasteiger partial charge in [0.15, 0.2) is 17.3 Å². The third-order valence-electron chi connectivity index (χ3n) is 4.95. The molecule has 0 spiro atoms. The van der Waals surface area contributed by atoms with E-state index in [1.54, 1.807) is 12.4 Å². The Morgan fingerprint density at radius 3 is 2.56 bits per heavy atom. The fourth-order valence-corrected chi connectivity index (χ4v) is 3.42. The monoisotopic (exact) mass is 429 g/mol. The molecule has 0 atom stereocenters. The Hall–Kier alpha value is -4.40. The van der Waals surface area contributed by atoms with Crippen molar-refractivity contribution in [3.63, 3.8) is 0 Å². The van der Waals surface area contributed by atoms with Gasteiger partial charge >= 0.3 is 0 Å². The first kappa shape index (κ1) is 19.6. The van der Waals surface area contributed by atoms with Gasteiger partial charge in [-0.15, -0.1) is 5.10 Å². The summed E-state index contributed by atoms with van der Waals surface area (Å²) in [6.45, 7) is 0.388. The van der Waals surface area contributed by atoms with Gasteiger partial charge in [-0.05, 0) is 35.9 Å². The fourth-order valence-electron chi connectivity index (χ4n) is 3.42. The van der Waals surface area contributed by atoms with Crippen molar-refractivity contribution in [2.45, 2.75) is 6.54 Å². The van der Waals surface area contributed by atoms with Crippen LogP contribution in [0.4, 0.5) is 20.5 Å². The van der Waals surface area contributed by atoms with Crippen LogP contribution >= 0.6 is 0 Å². The van der Waals surface area contributed by atoms with Gasteiger partial charge in [-0.1, -0.05) is 30.3 Å². The summed E-state index contributed by atoms with van der Waals surface area (Å²) in [6.07, 6.45) is 3.39. The van der Waals surface area contributed by atoms with E-state index >= 15 is 0 Å². The van der Waals surface area contributed by atoms with Gasteiger partial charge in [0.25, 0.3) is 0 Å². The average Bonchev–Trinajstić information content (AvgIpc) is 3.17. The molecule has 0 aliphatic carbocycles. The quantitative estimate of drug-likeness (QED) is 0.431. The third kappa shape index (κ3) is 3.49. The second kappa shape index (κ2) is 8.03. The predicted octanol–water partition coefficient (Wildman–Crippen LogP) is 4.35. The Morgan fingerprint density at radius 1 is 0.938 bits per heavy atom. The second-order valence-corrected chi connectivity index (χ2v) is 7.04. The number of nitrogens with zero attached hydrogens (tertiary/aromatic N) is 5. The van der Waals surface area contributed by atoms with Crippen molar-refractivity contribution in [2.75, 3.05) is 11.1 Å². The smallest absolute Gasteiger partial charge is 0.225 e. The van der Waals surface area contributed by atoms with Crippen LogP contribution in [-0.2, 0) is 6.54 Å². The van der Waals surface area contributed by atoms with Crippen LogP contribution in [0.5, 0.6) is 0 Å². The maximum absolute atomic E-state index is 14.7. The molecular weight excluding hydrogens is 412 g/mol. The molecule has 0 amide bonds. The first-order chi connectivity index (χ1) is 15.6. The van der Waals surface area contributed by atoms with E-state index in [4.69, 9.17) is 5.73 Å². The zero-order valence-electron chi connectivity index (χ0n) is 16.7. The number of hydrogen-bond acceptors (Lipinski definition) is 6. The Bertz CT molecular complexity index is 1400. The molecule has 5 rings (SSSR count). The second-order valence-electron chi connectivity index (χ2n) is 7.04. The van der Waals surface area contributed by atoms with Gasteiger partial charge in [0.05, 0.1) is 16.8 Å². The topological polar surface area (TPSA) is 94.5 Å². The molecule has 0 saturated carbocycles. The van der Waals surface area contributed by atoms with E-state index in [0.29, 0.717) is 17.6 Å². The minimum Gasteiger partial charge on any atom is -0.383 e. The average molecular weight is 429 g/mol. The molecule has 9 heteroatoms. The maximum Gasteiger partial charge on any atom is 0.225 e. The molecule has 2 aromatic carbocycles. The molecule has 0 fully saturated rings.